The summed E-state index contributed by atoms with van der Waals surface area (Å²) in [6.07, 6.45) is -0.919. The quantitative estimate of drug-likeness (QED) is 0.0326. The molecule has 5 fully saturated rings. The molecule has 5 aliphatic heterocycles. The number of carboxylic acid groups (broad SMARTS) is 2. The van der Waals surface area contributed by atoms with Crippen LogP contribution in [0.4, 0.5) is 0 Å². The lowest BCUT2D eigenvalue weighted by molar-refractivity contribution is -0.149. The van der Waals surface area contributed by atoms with Crippen LogP contribution in [0.15, 0.2) is 85.2 Å². The smallest absolute Gasteiger partial charge is 0.323 e. The molecule has 0 bridgehead atoms. The van der Waals surface area contributed by atoms with E-state index in [1.165, 1.54) is 29.8 Å². The summed E-state index contributed by atoms with van der Waals surface area (Å²) in [5, 5.41) is 54.5. The number of nitrogens with zero attached hydrogens (tertiary/aromatic N) is 7. The number of aromatic nitrogens is 2. The highest BCUT2D eigenvalue weighted by Crippen LogP contribution is 2.48. The van der Waals surface area contributed by atoms with Crippen molar-refractivity contribution < 1.29 is 102 Å². The summed E-state index contributed by atoms with van der Waals surface area (Å²) in [6, 6.07) is -0.386. The summed E-state index contributed by atoms with van der Waals surface area (Å²) in [4.78, 5) is 273. The van der Waals surface area contributed by atoms with Crippen molar-refractivity contribution in [1.82, 2.24) is 81.5 Å². The number of carbonyl (C=O) groups is 18. The van der Waals surface area contributed by atoms with E-state index in [1.54, 1.807) is 99.8 Å². The number of hydrogen-bond donors (Lipinski definition) is 16. The van der Waals surface area contributed by atoms with Crippen molar-refractivity contribution >= 4 is 140 Å². The Labute approximate surface area is 774 Å². The van der Waals surface area contributed by atoms with Crippen molar-refractivity contribution in [3.05, 3.63) is 107 Å². The molecule has 7 heterocycles. The predicted octanol–water partition coefficient (Wildman–Crippen LogP) is -0.563. The van der Waals surface area contributed by atoms with Crippen LogP contribution >= 0.6 is 11.6 Å². The maximum atomic E-state index is 15.9. The number of H-pyrrole nitrogens is 1. The first-order chi connectivity index (χ1) is 63.3. The molecule has 16 amide bonds. The third-order valence-corrected chi connectivity index (χ3v) is 25.7. The van der Waals surface area contributed by atoms with Gasteiger partial charge in [0.15, 0.2) is 5.66 Å². The van der Waals surface area contributed by atoms with E-state index in [4.69, 9.17) is 34.5 Å². The van der Waals surface area contributed by atoms with Crippen LogP contribution in [0.3, 0.4) is 0 Å². The molecule has 5 aromatic rings. The van der Waals surface area contributed by atoms with Crippen molar-refractivity contribution in [2.24, 2.45) is 28.9 Å². The fourth-order valence-corrected chi connectivity index (χ4v) is 18.5. The second kappa shape index (κ2) is 46.6. The standard InChI is InChI=1S/C91H125ClN20O21/c1-7-9-23-68-82(125)101-60(32-33-75(116)117)78(121)99-59(77(96)120)22-17-27-74(115)98-64(40-51-28-30-54(92)31-29-51)87(130)111-38-16-15-35-91(111)90(133)112(91)72(44-73(95)114)89(132)109-37-18-26-69(109)83(126)105-66(45-94)81(124)103-63(39-50(3)4)86(129)110-48-55(113)43-71(110)84(127)102-62(41-52-46-97-58-21-13-11-19-56(52)58)80(123)100-61(34-36-93)79(122)104-65(85(128)107(6)70(24-10-8-2)88(131)106(68)5)42-53-47-108(49-76(118)119)67-25-14-12-20-57(53)67/h11-14,19-21,25,28-31,46-47,50,55,59-66,68-72,97,113H,7-10,15-18,22-24,26-27,32-45,48-49,93-94H2,1-6H3,(H2,95,114)(H2,96,120)(H,98,115)(H,99,121)(H,100,123)(H,101,125)(H,102,127)(H,103,124)(H,104,122)(H,105,126)(H,116,117)(H,118,119)/t55-,59+,60+,61+,62+,63+,64+,65+,66+,68+,69+,70+,71+,72+,91-,112?/m1/s1. The van der Waals surface area contributed by atoms with Crippen LogP contribution in [0.5, 0.6) is 0 Å². The van der Waals surface area contributed by atoms with Gasteiger partial charge in [-0.2, -0.15) is 0 Å². The van der Waals surface area contributed by atoms with Crippen molar-refractivity contribution in [1.29, 1.82) is 0 Å². The highest BCUT2D eigenvalue weighted by molar-refractivity contribution is 6.30. The molecule has 42 heteroatoms. The molecular formula is C91H125ClN20O21. The van der Waals surface area contributed by atoms with Gasteiger partial charge in [-0.3, -0.25) is 91.2 Å². The van der Waals surface area contributed by atoms with Gasteiger partial charge in [-0.1, -0.05) is 114 Å². The zero-order valence-corrected chi connectivity index (χ0v) is 76.5. The van der Waals surface area contributed by atoms with Crippen molar-refractivity contribution in [3.63, 3.8) is 0 Å². The Kier molecular flexibility index (Phi) is 35.9. The van der Waals surface area contributed by atoms with Crippen molar-refractivity contribution in [2.75, 3.05) is 46.8 Å². The van der Waals surface area contributed by atoms with Crippen LogP contribution < -0.4 is 65.5 Å². The Morgan fingerprint density at radius 2 is 1.14 bits per heavy atom. The van der Waals surface area contributed by atoms with Crippen molar-refractivity contribution in [2.45, 2.75) is 272 Å². The van der Waals surface area contributed by atoms with E-state index >= 15 is 43.2 Å². The number of aliphatic hydroxyl groups excluding tert-OH is 1. The summed E-state index contributed by atoms with van der Waals surface area (Å²) in [5.41, 5.74) is 24.8. The molecule has 5 aliphatic rings. The van der Waals surface area contributed by atoms with E-state index in [0.29, 0.717) is 75.6 Å². The third kappa shape index (κ3) is 25.4. The lowest BCUT2D eigenvalue weighted by Gasteiger charge is -2.39. The van der Waals surface area contributed by atoms with Crippen LogP contribution in [0.2, 0.25) is 5.02 Å². The molecule has 133 heavy (non-hydrogen) atoms. The number of piperidine rings is 1. The van der Waals surface area contributed by atoms with Crippen LogP contribution in [0, 0.1) is 5.92 Å². The molecule has 722 valence electrons. The molecule has 0 unspecified atom stereocenters. The van der Waals surface area contributed by atoms with E-state index in [0.717, 1.165) is 24.5 Å². The third-order valence-electron chi connectivity index (χ3n) is 25.4. The Morgan fingerprint density at radius 1 is 0.549 bits per heavy atom. The van der Waals surface area contributed by atoms with E-state index in [1.807, 2.05) is 6.92 Å². The molecule has 15 atom stereocenters. The average Bonchev–Trinajstić information content (AvgIpc) is 1.52. The van der Waals surface area contributed by atoms with Gasteiger partial charge in [-0.05, 0) is 130 Å². The second-order valence-electron chi connectivity index (χ2n) is 35.4. The average molecular weight is 1870 g/mol. The summed E-state index contributed by atoms with van der Waals surface area (Å²) < 4.78 is 1.43. The van der Waals surface area contributed by atoms with Crippen LogP contribution in [0.25, 0.3) is 21.8 Å². The summed E-state index contributed by atoms with van der Waals surface area (Å²) >= 11 is 6.29. The van der Waals surface area contributed by atoms with Gasteiger partial charge in [0.2, 0.25) is 88.6 Å². The normalized spacial score (nSPS) is 26.3. The number of likely N-dealkylation sites (N-methyl/N-ethyl adjacent to an activating group) is 2. The van der Waals surface area contributed by atoms with Gasteiger partial charge in [0.05, 0.1) is 12.5 Å². The monoisotopic (exact) mass is 1870 g/mol. The number of carbonyl (C=O) groups excluding carboxylic acids is 16. The highest BCUT2D eigenvalue weighted by atomic mass is 35.5. The number of amides is 16. The molecule has 2 aromatic heterocycles. The number of halogens is 1. The Hall–Kier alpha value is -12.6. The van der Waals surface area contributed by atoms with Gasteiger partial charge in [0.1, 0.15) is 85.1 Å². The lowest BCUT2D eigenvalue weighted by Crippen LogP contribution is -2.61. The number of benzene rings is 3. The molecule has 3 aromatic carbocycles. The topological polar surface area (TPSA) is 608 Å². The van der Waals surface area contributed by atoms with Crippen LogP contribution in [-0.2, 0) is 112 Å². The fourth-order valence-electron chi connectivity index (χ4n) is 18.4. The number of carboxylic acids is 2. The molecule has 10 rings (SSSR count). The number of nitrogens with one attached hydrogen (secondary N) is 9. The Morgan fingerprint density at radius 3 is 1.80 bits per heavy atom. The number of unbranched alkanes of at least 4 members (excludes halogenated alkanes) is 2. The molecule has 20 N–H and O–H groups in total. The number of aliphatic carboxylic acids is 2. The Bertz CT molecular complexity index is 5140. The number of fused-ring (bicyclic) bond motifs is 4. The van der Waals surface area contributed by atoms with Crippen LogP contribution in [-0.4, -0.2) is 298 Å². The van der Waals surface area contributed by atoms with Gasteiger partial charge in [0, 0.05) is 118 Å². The minimum absolute atomic E-state index is 0.0120. The highest BCUT2D eigenvalue weighted by Gasteiger charge is 2.72. The van der Waals surface area contributed by atoms with Gasteiger partial charge in [-0.25, -0.2) is 0 Å². The summed E-state index contributed by atoms with van der Waals surface area (Å²) in [6.45, 7) is 5.03. The zero-order chi connectivity index (χ0) is 97.0. The van der Waals surface area contributed by atoms with Crippen molar-refractivity contribution in [3.8, 4) is 0 Å². The number of aromatic amines is 1. The number of para-hydroxylation sites is 2. The van der Waals surface area contributed by atoms with E-state index in [-0.39, 0.29) is 115 Å². The first-order valence-electron chi connectivity index (χ1n) is 45.5. The van der Waals surface area contributed by atoms with Gasteiger partial charge >= 0.3 is 11.9 Å². The number of primary amides is 2. The summed E-state index contributed by atoms with van der Waals surface area (Å²) in [5.74, 6) is -17.9. The van der Waals surface area contributed by atoms with E-state index < -0.39 is 242 Å². The zero-order valence-electron chi connectivity index (χ0n) is 75.8. The first-order valence-corrected chi connectivity index (χ1v) is 45.9. The Balaban J connectivity index is 1.03. The maximum absolute atomic E-state index is 15.9. The van der Waals surface area contributed by atoms with E-state index in [2.05, 4.69) is 47.5 Å². The lowest BCUT2D eigenvalue weighted by atomic mass is 9.97. The number of hydrogen-bond acceptors (Lipinski definition) is 21. The number of aliphatic hydroxyl groups is 1. The van der Waals surface area contributed by atoms with Gasteiger partial charge in [0.25, 0.3) is 5.91 Å². The number of nitrogens with two attached hydrogens (primary N) is 4. The fraction of sp³-hybridized carbons (Fsp3) is 0.560. The first kappa shape index (κ1) is 102. The van der Waals surface area contributed by atoms with E-state index in [9.17, 15) is 58.5 Å². The molecule has 41 nitrogen and oxygen atoms in total. The van der Waals surface area contributed by atoms with Crippen LogP contribution in [0.1, 0.15) is 173 Å². The second-order valence-corrected chi connectivity index (χ2v) is 35.9. The SMILES string of the molecule is CCCC[C@H]1C(=O)N(C)[C@@H](CCCC)C(=O)N[C@@H](CCC(=O)O)C(=O)N[C@H](C(N)=O)CCCC(=O)N[C@@H](Cc2ccc(Cl)cc2)C(=O)N2CCCC[C@@]23C(=O)N3[C@@H](CC(N)=O)C(=O)N2CCC[C@H]2C(=O)N[C@@H](CN)C(=O)N[C@@H](CC(C)C)C(=O)N2C[C@H](O)C[C@H]2C(=O)N[C@@H](Cc2c[nH]c3ccccc23)C(=O)N[C@@H](CCN)C(=O)N[C@@H](Cc2cn(CC(=O)O)c3ccccc23)C(=O)N1C. The molecule has 0 saturated carbocycles. The molecule has 5 saturated heterocycles. The molecule has 1 spiro atoms. The minimum Gasteiger partial charge on any atom is -0.481 e. The molecule has 0 radical (unpaired) electrons. The minimum atomic E-state index is -1.90. The summed E-state index contributed by atoms with van der Waals surface area (Å²) in [7, 11) is 2.61. The molecule has 0 aliphatic carbocycles. The predicted molar refractivity (Wildman–Crippen MR) is 484 cm³/mol. The van der Waals surface area contributed by atoms with Gasteiger partial charge < -0.3 is 115 Å². The molecular weight excluding hydrogens is 1740 g/mol. The largest absolute Gasteiger partial charge is 0.481 e. The maximum Gasteiger partial charge on any atom is 0.323 e. The van der Waals surface area contributed by atoms with Gasteiger partial charge in [-0.15, -0.1) is 0 Å². The number of rotatable bonds is 25.